The van der Waals surface area contributed by atoms with E-state index >= 15 is 0 Å². The largest absolute Gasteiger partial charge is 0.356 e. The fourth-order valence-electron chi connectivity index (χ4n) is 2.93. The predicted octanol–water partition coefficient (Wildman–Crippen LogP) is 3.77. The second-order valence-corrected chi connectivity index (χ2v) is 6.79. The van der Waals surface area contributed by atoms with Gasteiger partial charge in [0.2, 0.25) is 0 Å². The quantitative estimate of drug-likeness (QED) is 0.449. The van der Waals surface area contributed by atoms with E-state index in [9.17, 15) is 0 Å². The van der Waals surface area contributed by atoms with Gasteiger partial charge in [-0.3, -0.25) is 4.99 Å². The maximum Gasteiger partial charge on any atom is 0.193 e. The average Bonchev–Trinajstić information content (AvgIpc) is 3.16. The zero-order chi connectivity index (χ0) is 16.3. The Hall–Kier alpha value is -1.57. The summed E-state index contributed by atoms with van der Waals surface area (Å²) in [6.45, 7) is 7.27. The number of likely N-dealkylation sites (tertiary alicyclic amines) is 1. The molecule has 1 aliphatic heterocycles. The third-order valence-electron chi connectivity index (χ3n) is 4.23. The summed E-state index contributed by atoms with van der Waals surface area (Å²) in [5.41, 5.74) is 2.27. The van der Waals surface area contributed by atoms with Crippen LogP contribution in [0, 0.1) is 5.41 Å². The van der Waals surface area contributed by atoms with Crippen LogP contribution in [0.3, 0.4) is 0 Å². The van der Waals surface area contributed by atoms with Gasteiger partial charge in [0.1, 0.15) is 5.69 Å². The predicted molar refractivity (Wildman–Crippen MR) is 108 cm³/mol. The van der Waals surface area contributed by atoms with Gasteiger partial charge in [0.15, 0.2) is 11.7 Å². The Balaban J connectivity index is 0.00000208. The molecule has 1 aromatic heterocycles. The van der Waals surface area contributed by atoms with Gasteiger partial charge in [0.25, 0.3) is 0 Å². The summed E-state index contributed by atoms with van der Waals surface area (Å²) < 4.78 is 5.43. The second kappa shape index (κ2) is 8.00. The molecule has 0 atom stereocenters. The van der Waals surface area contributed by atoms with Crippen molar-refractivity contribution in [2.24, 2.45) is 10.4 Å². The van der Waals surface area contributed by atoms with Gasteiger partial charge < -0.3 is 14.7 Å². The van der Waals surface area contributed by atoms with Crippen LogP contribution in [0.15, 0.2) is 45.9 Å². The topological polar surface area (TPSA) is 53.7 Å². The molecule has 0 bridgehead atoms. The molecular formula is C18H25IN4O. The van der Waals surface area contributed by atoms with Gasteiger partial charge in [0.05, 0.1) is 6.54 Å². The number of guanidine groups is 1. The molecular weight excluding hydrogens is 415 g/mol. The van der Waals surface area contributed by atoms with Crippen molar-refractivity contribution in [1.29, 1.82) is 0 Å². The summed E-state index contributed by atoms with van der Waals surface area (Å²) in [7, 11) is 1.83. The van der Waals surface area contributed by atoms with E-state index in [0.717, 1.165) is 36.1 Å². The molecule has 0 aliphatic carbocycles. The fourth-order valence-corrected chi connectivity index (χ4v) is 2.93. The van der Waals surface area contributed by atoms with Gasteiger partial charge >= 0.3 is 0 Å². The number of rotatable bonds is 3. The van der Waals surface area contributed by atoms with Crippen LogP contribution in [0.2, 0.25) is 0 Å². The standard InChI is InChI=1S/C18H24N4O.HI/c1-18(2)9-10-22(13-18)17(19-3)20-12-15-11-16(23-21-15)14-7-5-4-6-8-14;/h4-8,11H,9-10,12-13H2,1-3H3,(H,19,20);1H. The molecule has 0 amide bonds. The van der Waals surface area contributed by atoms with Gasteiger partial charge in [-0.1, -0.05) is 49.3 Å². The fraction of sp³-hybridized carbons (Fsp3) is 0.444. The lowest BCUT2D eigenvalue weighted by Crippen LogP contribution is -2.40. The van der Waals surface area contributed by atoms with Crippen molar-refractivity contribution in [3.05, 3.63) is 42.1 Å². The molecule has 2 heterocycles. The Labute approximate surface area is 160 Å². The van der Waals surface area contributed by atoms with Crippen LogP contribution in [0.4, 0.5) is 0 Å². The molecule has 0 radical (unpaired) electrons. The van der Waals surface area contributed by atoms with Crippen molar-refractivity contribution in [2.45, 2.75) is 26.8 Å². The van der Waals surface area contributed by atoms with E-state index in [4.69, 9.17) is 4.52 Å². The molecule has 2 aromatic rings. The molecule has 1 aliphatic rings. The van der Waals surface area contributed by atoms with Crippen LogP contribution in [0.1, 0.15) is 26.0 Å². The first-order valence-electron chi connectivity index (χ1n) is 8.04. The molecule has 1 N–H and O–H groups in total. The highest BCUT2D eigenvalue weighted by molar-refractivity contribution is 14.0. The minimum atomic E-state index is 0. The molecule has 0 saturated carbocycles. The Kier molecular flexibility index (Phi) is 6.26. The first-order valence-corrected chi connectivity index (χ1v) is 8.04. The van der Waals surface area contributed by atoms with Gasteiger partial charge in [-0.15, -0.1) is 24.0 Å². The first kappa shape index (κ1) is 18.8. The normalized spacial score (nSPS) is 16.8. The number of nitrogens with zero attached hydrogens (tertiary/aromatic N) is 3. The van der Waals surface area contributed by atoms with Crippen LogP contribution in [0.5, 0.6) is 0 Å². The SMILES string of the molecule is CN=C(NCc1cc(-c2ccccc2)on1)N1CCC(C)(C)C1.I. The molecule has 0 unspecified atom stereocenters. The molecule has 1 fully saturated rings. The van der Waals surface area contributed by atoms with E-state index < -0.39 is 0 Å². The van der Waals surface area contributed by atoms with E-state index in [2.05, 4.69) is 34.2 Å². The maximum absolute atomic E-state index is 5.43. The second-order valence-electron chi connectivity index (χ2n) is 6.79. The molecule has 3 rings (SSSR count). The molecule has 130 valence electrons. The zero-order valence-corrected chi connectivity index (χ0v) is 16.8. The smallest absolute Gasteiger partial charge is 0.193 e. The van der Waals surface area contributed by atoms with Crippen molar-refractivity contribution in [1.82, 2.24) is 15.4 Å². The highest BCUT2D eigenvalue weighted by atomic mass is 127. The van der Waals surface area contributed by atoms with Gasteiger partial charge in [0, 0.05) is 31.8 Å². The molecule has 6 heteroatoms. The Morgan fingerprint density at radius 1 is 1.33 bits per heavy atom. The maximum atomic E-state index is 5.43. The van der Waals surface area contributed by atoms with Crippen molar-refractivity contribution in [3.63, 3.8) is 0 Å². The summed E-state index contributed by atoms with van der Waals surface area (Å²) in [6, 6.07) is 12.0. The lowest BCUT2D eigenvalue weighted by atomic mass is 9.93. The monoisotopic (exact) mass is 440 g/mol. The van der Waals surface area contributed by atoms with Crippen LogP contribution >= 0.6 is 24.0 Å². The lowest BCUT2D eigenvalue weighted by Gasteiger charge is -2.23. The summed E-state index contributed by atoms with van der Waals surface area (Å²) in [5, 5.41) is 7.53. The van der Waals surface area contributed by atoms with Crippen molar-refractivity contribution in [2.75, 3.05) is 20.1 Å². The molecule has 0 spiro atoms. The van der Waals surface area contributed by atoms with E-state index in [1.54, 1.807) is 0 Å². The highest BCUT2D eigenvalue weighted by Crippen LogP contribution is 2.28. The van der Waals surface area contributed by atoms with E-state index in [1.807, 2.05) is 43.4 Å². The minimum Gasteiger partial charge on any atom is -0.356 e. The van der Waals surface area contributed by atoms with Crippen LogP contribution in [-0.2, 0) is 6.54 Å². The third-order valence-corrected chi connectivity index (χ3v) is 4.23. The van der Waals surface area contributed by atoms with Crippen LogP contribution in [-0.4, -0.2) is 36.2 Å². The Morgan fingerprint density at radius 3 is 2.71 bits per heavy atom. The van der Waals surface area contributed by atoms with E-state index in [1.165, 1.54) is 6.42 Å². The molecule has 1 aromatic carbocycles. The number of benzene rings is 1. The summed E-state index contributed by atoms with van der Waals surface area (Å²) in [6.07, 6.45) is 1.19. The van der Waals surface area contributed by atoms with Crippen molar-refractivity contribution < 1.29 is 4.52 Å². The third kappa shape index (κ3) is 4.49. The van der Waals surface area contributed by atoms with Crippen molar-refractivity contribution in [3.8, 4) is 11.3 Å². The molecule has 1 saturated heterocycles. The Bertz CT molecular complexity index is 681. The van der Waals surface area contributed by atoms with Crippen molar-refractivity contribution >= 4 is 29.9 Å². The number of nitrogens with one attached hydrogen (secondary N) is 1. The highest BCUT2D eigenvalue weighted by Gasteiger charge is 2.30. The number of hydrogen-bond acceptors (Lipinski definition) is 3. The van der Waals surface area contributed by atoms with Gasteiger partial charge in [-0.25, -0.2) is 0 Å². The minimum absolute atomic E-state index is 0. The van der Waals surface area contributed by atoms with E-state index in [-0.39, 0.29) is 24.0 Å². The lowest BCUT2D eigenvalue weighted by molar-refractivity contribution is 0.369. The number of aromatic nitrogens is 1. The summed E-state index contributed by atoms with van der Waals surface area (Å²) in [4.78, 5) is 6.69. The van der Waals surface area contributed by atoms with E-state index in [0.29, 0.717) is 12.0 Å². The van der Waals surface area contributed by atoms with Crippen LogP contribution in [0.25, 0.3) is 11.3 Å². The van der Waals surface area contributed by atoms with Gasteiger partial charge in [-0.2, -0.15) is 0 Å². The summed E-state index contributed by atoms with van der Waals surface area (Å²) >= 11 is 0. The molecule has 5 nitrogen and oxygen atoms in total. The van der Waals surface area contributed by atoms with Crippen LogP contribution < -0.4 is 5.32 Å². The first-order chi connectivity index (χ1) is 11.1. The van der Waals surface area contributed by atoms with Gasteiger partial charge in [-0.05, 0) is 11.8 Å². The average molecular weight is 440 g/mol. The Morgan fingerprint density at radius 2 is 2.08 bits per heavy atom. The summed E-state index contributed by atoms with van der Waals surface area (Å²) in [5.74, 6) is 1.72. The number of hydrogen-bond donors (Lipinski definition) is 1. The number of halogens is 1. The molecule has 24 heavy (non-hydrogen) atoms. The number of aliphatic imine (C=N–C) groups is 1. The zero-order valence-electron chi connectivity index (χ0n) is 14.5.